The Bertz CT molecular complexity index is 917. The average molecular weight is 340 g/mol. The van der Waals surface area contributed by atoms with Gasteiger partial charge in [0.25, 0.3) is 5.89 Å². The number of hydrogen-bond donors (Lipinski definition) is 1. The van der Waals surface area contributed by atoms with Gasteiger partial charge in [0.1, 0.15) is 12.4 Å². The van der Waals surface area contributed by atoms with Crippen molar-refractivity contribution in [2.45, 2.75) is 45.7 Å². The third-order valence-corrected chi connectivity index (χ3v) is 4.58. The highest BCUT2D eigenvalue weighted by molar-refractivity contribution is 5.87. The average Bonchev–Trinajstić information content (AvgIpc) is 3.37. The van der Waals surface area contributed by atoms with Crippen LogP contribution < -0.4 is 5.32 Å². The largest absolute Gasteiger partial charge is 0.402 e. The Hall–Kier alpha value is -2.50. The lowest BCUT2D eigenvalue weighted by Crippen LogP contribution is -1.99. The molecule has 0 aliphatic heterocycles. The normalized spacial score (nSPS) is 14.2. The van der Waals surface area contributed by atoms with Crippen molar-refractivity contribution in [1.29, 1.82) is 0 Å². The van der Waals surface area contributed by atoms with E-state index < -0.39 is 6.67 Å². The summed E-state index contributed by atoms with van der Waals surface area (Å²) in [6, 6.07) is 6.42. The number of aromatic nitrogens is 3. The SMILES string of the molecule is CCCNc1nnc(-c2cc(C)c3cc(C4CC4)cc(CF)c3n2)o1. The molecule has 1 fully saturated rings. The van der Waals surface area contributed by atoms with Crippen molar-refractivity contribution in [1.82, 2.24) is 15.2 Å². The lowest BCUT2D eigenvalue weighted by atomic mass is 9.99. The van der Waals surface area contributed by atoms with Gasteiger partial charge in [0.05, 0.1) is 5.52 Å². The van der Waals surface area contributed by atoms with E-state index in [4.69, 9.17) is 4.42 Å². The van der Waals surface area contributed by atoms with Gasteiger partial charge < -0.3 is 9.73 Å². The molecule has 0 bridgehead atoms. The van der Waals surface area contributed by atoms with E-state index in [0.717, 1.165) is 23.9 Å². The fourth-order valence-electron chi connectivity index (χ4n) is 3.08. The highest BCUT2D eigenvalue weighted by Gasteiger charge is 2.25. The second kappa shape index (κ2) is 6.43. The Morgan fingerprint density at radius 1 is 1.24 bits per heavy atom. The van der Waals surface area contributed by atoms with Crippen LogP contribution in [0.2, 0.25) is 0 Å². The van der Waals surface area contributed by atoms with Crippen LogP contribution in [0.25, 0.3) is 22.5 Å². The number of aryl methyl sites for hydroxylation is 1. The summed E-state index contributed by atoms with van der Waals surface area (Å²) in [6.07, 6.45) is 3.35. The number of nitrogens with zero attached hydrogens (tertiary/aromatic N) is 3. The van der Waals surface area contributed by atoms with Crippen LogP contribution >= 0.6 is 0 Å². The van der Waals surface area contributed by atoms with Crippen LogP contribution in [0, 0.1) is 6.92 Å². The zero-order valence-corrected chi connectivity index (χ0v) is 14.5. The molecule has 1 aliphatic carbocycles. The first-order valence-corrected chi connectivity index (χ1v) is 8.77. The van der Waals surface area contributed by atoms with Crippen LogP contribution in [0.15, 0.2) is 22.6 Å². The molecule has 4 rings (SSSR count). The summed E-state index contributed by atoms with van der Waals surface area (Å²) in [5, 5.41) is 12.1. The quantitative estimate of drug-likeness (QED) is 0.701. The van der Waals surface area contributed by atoms with Crippen molar-refractivity contribution >= 4 is 16.9 Å². The van der Waals surface area contributed by atoms with Crippen molar-refractivity contribution in [3.05, 3.63) is 34.9 Å². The van der Waals surface area contributed by atoms with Crippen molar-refractivity contribution in [3.63, 3.8) is 0 Å². The highest BCUT2D eigenvalue weighted by atomic mass is 19.1. The molecule has 0 radical (unpaired) electrons. The molecule has 1 N–H and O–H groups in total. The maximum atomic E-state index is 13.6. The van der Waals surface area contributed by atoms with Gasteiger partial charge in [0, 0.05) is 17.5 Å². The molecule has 1 saturated carbocycles. The minimum atomic E-state index is -0.528. The Morgan fingerprint density at radius 2 is 2.08 bits per heavy atom. The summed E-state index contributed by atoms with van der Waals surface area (Å²) in [4.78, 5) is 4.63. The number of anilines is 1. The molecule has 0 unspecified atom stereocenters. The van der Waals surface area contributed by atoms with Gasteiger partial charge in [0.15, 0.2) is 0 Å². The van der Waals surface area contributed by atoms with Crippen LogP contribution in [-0.4, -0.2) is 21.7 Å². The van der Waals surface area contributed by atoms with Crippen molar-refractivity contribution < 1.29 is 8.81 Å². The van der Waals surface area contributed by atoms with E-state index in [2.05, 4.69) is 33.5 Å². The van der Waals surface area contributed by atoms with Gasteiger partial charge in [-0.1, -0.05) is 18.1 Å². The summed E-state index contributed by atoms with van der Waals surface area (Å²) in [5.74, 6) is 0.927. The van der Waals surface area contributed by atoms with Gasteiger partial charge in [-0.3, -0.25) is 0 Å². The smallest absolute Gasteiger partial charge is 0.315 e. The third-order valence-electron chi connectivity index (χ3n) is 4.58. The minimum absolute atomic E-state index is 0.347. The van der Waals surface area contributed by atoms with Gasteiger partial charge in [-0.2, -0.15) is 0 Å². The first kappa shape index (κ1) is 16.0. The first-order chi connectivity index (χ1) is 12.2. The molecule has 130 valence electrons. The maximum Gasteiger partial charge on any atom is 0.315 e. The number of alkyl halides is 1. The Balaban J connectivity index is 1.78. The van der Waals surface area contributed by atoms with E-state index in [9.17, 15) is 4.39 Å². The molecular formula is C19H21FN4O. The Labute approximate surface area is 145 Å². The fraction of sp³-hybridized carbons (Fsp3) is 0.421. The van der Waals surface area contributed by atoms with Crippen LogP contribution in [0.4, 0.5) is 10.4 Å². The zero-order valence-electron chi connectivity index (χ0n) is 14.5. The molecule has 5 nitrogen and oxygen atoms in total. The molecule has 0 saturated heterocycles. The summed E-state index contributed by atoms with van der Waals surface area (Å²) < 4.78 is 19.3. The van der Waals surface area contributed by atoms with Crippen molar-refractivity contribution in [2.75, 3.05) is 11.9 Å². The van der Waals surface area contributed by atoms with E-state index in [-0.39, 0.29) is 0 Å². The lowest BCUT2D eigenvalue weighted by Gasteiger charge is -2.10. The molecule has 6 heteroatoms. The van der Waals surface area contributed by atoms with E-state index >= 15 is 0 Å². The Kier molecular flexibility index (Phi) is 4.11. The van der Waals surface area contributed by atoms with Crippen LogP contribution in [-0.2, 0) is 6.67 Å². The molecule has 25 heavy (non-hydrogen) atoms. The lowest BCUT2D eigenvalue weighted by molar-refractivity contribution is 0.487. The summed E-state index contributed by atoms with van der Waals surface area (Å²) >= 11 is 0. The molecule has 0 amide bonds. The van der Waals surface area contributed by atoms with Crippen LogP contribution in [0.5, 0.6) is 0 Å². The van der Waals surface area contributed by atoms with Gasteiger partial charge >= 0.3 is 6.01 Å². The molecule has 0 atom stereocenters. The predicted molar refractivity (Wildman–Crippen MR) is 95.3 cm³/mol. The number of rotatable bonds is 6. The van der Waals surface area contributed by atoms with E-state index in [0.29, 0.717) is 34.6 Å². The standard InChI is InChI=1S/C19H21FN4O/c1-3-6-21-19-24-23-18(25-19)16-7-11(2)15-9-13(12-4-5-12)8-14(10-20)17(15)22-16/h7-9,12H,3-6,10H2,1-2H3,(H,21,24). The Morgan fingerprint density at radius 3 is 2.80 bits per heavy atom. The zero-order chi connectivity index (χ0) is 17.4. The molecular weight excluding hydrogens is 319 g/mol. The topological polar surface area (TPSA) is 63.8 Å². The summed E-state index contributed by atoms with van der Waals surface area (Å²) in [6.45, 7) is 4.31. The number of hydrogen-bond acceptors (Lipinski definition) is 5. The van der Waals surface area contributed by atoms with Crippen LogP contribution in [0.3, 0.4) is 0 Å². The summed E-state index contributed by atoms with van der Waals surface area (Å²) in [7, 11) is 0. The first-order valence-electron chi connectivity index (χ1n) is 8.77. The second-order valence-electron chi connectivity index (χ2n) is 6.65. The number of fused-ring (bicyclic) bond motifs is 1. The van der Waals surface area contributed by atoms with E-state index in [1.807, 2.05) is 19.1 Å². The van der Waals surface area contributed by atoms with Gasteiger partial charge in [0.2, 0.25) is 0 Å². The minimum Gasteiger partial charge on any atom is -0.402 e. The second-order valence-corrected chi connectivity index (χ2v) is 6.65. The molecule has 2 heterocycles. The number of nitrogens with one attached hydrogen (secondary N) is 1. The van der Waals surface area contributed by atoms with E-state index in [1.54, 1.807) is 0 Å². The number of benzene rings is 1. The van der Waals surface area contributed by atoms with Crippen molar-refractivity contribution in [3.8, 4) is 11.6 Å². The fourth-order valence-corrected chi connectivity index (χ4v) is 3.08. The molecule has 1 aliphatic rings. The molecule has 2 aromatic heterocycles. The number of pyridine rings is 1. The maximum absolute atomic E-state index is 13.6. The third kappa shape index (κ3) is 3.08. The molecule has 0 spiro atoms. The van der Waals surface area contributed by atoms with Gasteiger partial charge in [-0.15, -0.1) is 5.10 Å². The molecule has 1 aromatic carbocycles. The predicted octanol–water partition coefficient (Wildman–Crippen LogP) is 4.76. The van der Waals surface area contributed by atoms with Crippen molar-refractivity contribution in [2.24, 2.45) is 0 Å². The van der Waals surface area contributed by atoms with E-state index in [1.165, 1.54) is 18.4 Å². The molecule has 3 aromatic rings. The van der Waals surface area contributed by atoms with Gasteiger partial charge in [-0.25, -0.2) is 9.37 Å². The highest BCUT2D eigenvalue weighted by Crippen LogP contribution is 2.42. The number of halogens is 1. The van der Waals surface area contributed by atoms with Gasteiger partial charge in [-0.05, 0) is 55.4 Å². The monoisotopic (exact) mass is 340 g/mol. The summed E-state index contributed by atoms with van der Waals surface area (Å²) in [5.41, 5.74) is 4.16. The van der Waals surface area contributed by atoms with Crippen LogP contribution in [0.1, 0.15) is 48.8 Å².